The van der Waals surface area contributed by atoms with E-state index in [1.807, 2.05) is 6.92 Å². The standard InChI is InChI=1S/C18H19N3O4S.ClH/c1-10-3-4-11(19)9-13(10)15(22)20-14-5-7-21(16(14)23)17-12(6-8-26-17)18(24)25-2;/h3-4,6,8-9,14H,5,7,19H2,1-2H3,(H,20,22);1H. The molecule has 3 rings (SSSR count). The minimum atomic E-state index is -0.643. The molecule has 144 valence electrons. The molecule has 0 aliphatic carbocycles. The number of benzene rings is 1. The van der Waals surface area contributed by atoms with Crippen molar-refractivity contribution in [3.8, 4) is 0 Å². The second-order valence-electron chi connectivity index (χ2n) is 6.01. The molecule has 0 radical (unpaired) electrons. The predicted octanol–water partition coefficient (Wildman–Crippen LogP) is 2.38. The molecule has 1 aliphatic rings. The van der Waals surface area contributed by atoms with E-state index >= 15 is 0 Å². The van der Waals surface area contributed by atoms with Gasteiger partial charge in [-0.05, 0) is 42.5 Å². The van der Waals surface area contributed by atoms with Crippen molar-refractivity contribution < 1.29 is 19.1 Å². The molecule has 1 fully saturated rings. The monoisotopic (exact) mass is 409 g/mol. The number of thiophene rings is 1. The molecule has 0 bridgehead atoms. The maximum atomic E-state index is 12.7. The number of amides is 2. The number of anilines is 2. The van der Waals surface area contributed by atoms with Gasteiger partial charge in [-0.25, -0.2) is 4.79 Å². The van der Waals surface area contributed by atoms with Gasteiger partial charge in [-0.2, -0.15) is 0 Å². The van der Waals surface area contributed by atoms with Gasteiger partial charge in [-0.3, -0.25) is 9.59 Å². The third kappa shape index (κ3) is 4.06. The van der Waals surface area contributed by atoms with Crippen LogP contribution in [0.4, 0.5) is 10.7 Å². The fraction of sp³-hybridized carbons (Fsp3) is 0.278. The molecule has 3 N–H and O–H groups in total. The predicted molar refractivity (Wildman–Crippen MR) is 107 cm³/mol. The number of ether oxygens (including phenoxy) is 1. The van der Waals surface area contributed by atoms with Crippen LogP contribution in [0.5, 0.6) is 0 Å². The number of carbonyl (C=O) groups excluding carboxylic acids is 3. The first-order chi connectivity index (χ1) is 12.4. The molecule has 9 heteroatoms. The second-order valence-corrected chi connectivity index (χ2v) is 6.90. The van der Waals surface area contributed by atoms with E-state index < -0.39 is 12.0 Å². The first-order valence-corrected chi connectivity index (χ1v) is 8.94. The Morgan fingerprint density at radius 3 is 2.74 bits per heavy atom. The Morgan fingerprint density at radius 1 is 1.30 bits per heavy atom. The topological polar surface area (TPSA) is 102 Å². The molecule has 0 saturated carbocycles. The molecule has 2 aromatic rings. The summed E-state index contributed by atoms with van der Waals surface area (Å²) in [6.45, 7) is 2.23. The first kappa shape index (κ1) is 20.7. The Kier molecular flexibility index (Phi) is 6.45. The maximum absolute atomic E-state index is 12.7. The minimum Gasteiger partial charge on any atom is -0.465 e. The van der Waals surface area contributed by atoms with E-state index in [1.54, 1.807) is 29.6 Å². The molecule has 0 spiro atoms. The molecular formula is C18H20ClN3O4S. The Bertz CT molecular complexity index is 883. The van der Waals surface area contributed by atoms with Crippen LogP contribution < -0.4 is 16.0 Å². The number of nitrogens with zero attached hydrogens (tertiary/aromatic N) is 1. The van der Waals surface area contributed by atoms with Crippen LogP contribution in [0.3, 0.4) is 0 Å². The first-order valence-electron chi connectivity index (χ1n) is 8.06. The van der Waals surface area contributed by atoms with Gasteiger partial charge in [0, 0.05) is 17.8 Å². The van der Waals surface area contributed by atoms with Gasteiger partial charge in [0.15, 0.2) is 0 Å². The number of hydrogen-bond donors (Lipinski definition) is 2. The van der Waals surface area contributed by atoms with Crippen LogP contribution in [0, 0.1) is 6.92 Å². The molecule has 27 heavy (non-hydrogen) atoms. The lowest BCUT2D eigenvalue weighted by Gasteiger charge is -2.17. The summed E-state index contributed by atoms with van der Waals surface area (Å²) >= 11 is 1.29. The van der Waals surface area contributed by atoms with Gasteiger partial charge in [-0.1, -0.05) is 6.07 Å². The van der Waals surface area contributed by atoms with Crippen molar-refractivity contribution in [1.29, 1.82) is 0 Å². The van der Waals surface area contributed by atoms with Gasteiger partial charge < -0.3 is 20.7 Å². The highest BCUT2D eigenvalue weighted by Gasteiger charge is 2.36. The number of rotatable bonds is 4. The van der Waals surface area contributed by atoms with Crippen molar-refractivity contribution >= 4 is 52.2 Å². The number of halogens is 1. The Hall–Kier alpha value is -2.58. The van der Waals surface area contributed by atoms with Gasteiger partial charge in [0.1, 0.15) is 11.0 Å². The zero-order chi connectivity index (χ0) is 18.8. The third-order valence-corrected chi connectivity index (χ3v) is 5.25. The summed E-state index contributed by atoms with van der Waals surface area (Å²) in [7, 11) is 1.30. The summed E-state index contributed by atoms with van der Waals surface area (Å²) in [6.07, 6.45) is 0.463. The number of nitrogen functional groups attached to an aromatic ring is 1. The van der Waals surface area contributed by atoms with Crippen LogP contribution in [0.2, 0.25) is 0 Å². The van der Waals surface area contributed by atoms with Crippen molar-refractivity contribution in [2.75, 3.05) is 24.3 Å². The number of nitrogens with two attached hydrogens (primary N) is 1. The maximum Gasteiger partial charge on any atom is 0.340 e. The van der Waals surface area contributed by atoms with Gasteiger partial charge in [-0.15, -0.1) is 23.7 Å². The number of esters is 1. The SMILES string of the molecule is COC(=O)c1ccsc1N1CCC(NC(=O)c2cc(N)ccc2C)C1=O.Cl. The van der Waals surface area contributed by atoms with Crippen LogP contribution in [0.1, 0.15) is 32.7 Å². The highest BCUT2D eigenvalue weighted by molar-refractivity contribution is 7.14. The molecule has 2 amide bonds. The van der Waals surface area contributed by atoms with Gasteiger partial charge in [0.05, 0.1) is 12.7 Å². The van der Waals surface area contributed by atoms with Crippen LogP contribution in [0.25, 0.3) is 0 Å². The summed E-state index contributed by atoms with van der Waals surface area (Å²) in [4.78, 5) is 38.6. The summed E-state index contributed by atoms with van der Waals surface area (Å²) in [6, 6.07) is 6.06. The Balaban J connectivity index is 0.00000261. The van der Waals surface area contributed by atoms with Crippen molar-refractivity contribution in [2.24, 2.45) is 0 Å². The molecule has 1 aromatic carbocycles. The molecule has 1 unspecified atom stereocenters. The van der Waals surface area contributed by atoms with E-state index in [1.165, 1.54) is 23.3 Å². The molecule has 1 atom stereocenters. The Labute approximate surface area is 166 Å². The van der Waals surface area contributed by atoms with Crippen LogP contribution >= 0.6 is 23.7 Å². The molecule has 7 nitrogen and oxygen atoms in total. The highest BCUT2D eigenvalue weighted by Crippen LogP contribution is 2.32. The van der Waals surface area contributed by atoms with Crippen LogP contribution in [-0.2, 0) is 9.53 Å². The molecule has 1 saturated heterocycles. The van der Waals surface area contributed by atoms with Gasteiger partial charge in [0.25, 0.3) is 5.91 Å². The van der Waals surface area contributed by atoms with E-state index in [4.69, 9.17) is 10.5 Å². The quantitative estimate of drug-likeness (QED) is 0.596. The normalized spacial score (nSPS) is 16.0. The number of hydrogen-bond acceptors (Lipinski definition) is 6. The van der Waals surface area contributed by atoms with Crippen molar-refractivity contribution in [2.45, 2.75) is 19.4 Å². The van der Waals surface area contributed by atoms with Gasteiger partial charge >= 0.3 is 5.97 Å². The molecule has 1 aliphatic heterocycles. The summed E-state index contributed by atoms with van der Waals surface area (Å²) in [5.74, 6) is -1.07. The molecule has 2 heterocycles. The smallest absolute Gasteiger partial charge is 0.340 e. The number of carbonyl (C=O) groups is 3. The van der Waals surface area contributed by atoms with E-state index in [-0.39, 0.29) is 24.2 Å². The average molecular weight is 410 g/mol. The molecule has 1 aromatic heterocycles. The van der Waals surface area contributed by atoms with E-state index in [0.717, 1.165) is 5.56 Å². The minimum absolute atomic E-state index is 0. The summed E-state index contributed by atoms with van der Waals surface area (Å²) < 4.78 is 4.75. The number of nitrogens with one attached hydrogen (secondary N) is 1. The van der Waals surface area contributed by atoms with Crippen molar-refractivity contribution in [3.05, 3.63) is 46.3 Å². The fourth-order valence-electron chi connectivity index (χ4n) is 2.91. The van der Waals surface area contributed by atoms with Crippen molar-refractivity contribution in [1.82, 2.24) is 5.32 Å². The third-order valence-electron chi connectivity index (χ3n) is 4.31. The number of methoxy groups -OCH3 is 1. The van der Waals surface area contributed by atoms with Crippen LogP contribution in [-0.4, -0.2) is 37.5 Å². The van der Waals surface area contributed by atoms with E-state index in [0.29, 0.717) is 34.8 Å². The van der Waals surface area contributed by atoms with Gasteiger partial charge in [0.2, 0.25) is 5.91 Å². The largest absolute Gasteiger partial charge is 0.465 e. The average Bonchev–Trinajstić information content (AvgIpc) is 3.23. The zero-order valence-electron chi connectivity index (χ0n) is 14.9. The summed E-state index contributed by atoms with van der Waals surface area (Å²) in [5.41, 5.74) is 7.82. The van der Waals surface area contributed by atoms with E-state index in [9.17, 15) is 14.4 Å². The lowest BCUT2D eigenvalue weighted by atomic mass is 10.1. The second kappa shape index (κ2) is 8.41. The van der Waals surface area contributed by atoms with E-state index in [2.05, 4.69) is 5.32 Å². The Morgan fingerprint density at radius 2 is 2.04 bits per heavy atom. The molecular weight excluding hydrogens is 390 g/mol. The number of aryl methyl sites for hydroxylation is 1. The summed E-state index contributed by atoms with van der Waals surface area (Å²) in [5, 5.41) is 5.04. The highest BCUT2D eigenvalue weighted by atomic mass is 35.5. The lowest BCUT2D eigenvalue weighted by molar-refractivity contribution is -0.118. The lowest BCUT2D eigenvalue weighted by Crippen LogP contribution is -2.41. The zero-order valence-corrected chi connectivity index (χ0v) is 16.5. The fourth-order valence-corrected chi connectivity index (χ4v) is 3.83. The van der Waals surface area contributed by atoms with Crippen molar-refractivity contribution in [3.63, 3.8) is 0 Å². The van der Waals surface area contributed by atoms with Crippen LogP contribution in [0.15, 0.2) is 29.6 Å².